The number of ether oxygens (including phenoxy) is 1. The summed E-state index contributed by atoms with van der Waals surface area (Å²) >= 11 is 0. The van der Waals surface area contributed by atoms with Crippen molar-refractivity contribution < 1.29 is 17.9 Å². The number of hydrogen-bond donors (Lipinski definition) is 0. The highest BCUT2D eigenvalue weighted by Gasteiger charge is 2.67. The molecule has 6 nitrogen and oxygen atoms in total. The summed E-state index contributed by atoms with van der Waals surface area (Å²) in [4.78, 5) is 13.9. The van der Waals surface area contributed by atoms with E-state index in [1.165, 1.54) is 12.8 Å². The van der Waals surface area contributed by atoms with Crippen molar-refractivity contribution in [1.82, 2.24) is 4.31 Å². The molecule has 232 valence electrons. The molecule has 0 aromatic heterocycles. The van der Waals surface area contributed by atoms with Crippen molar-refractivity contribution in [2.45, 2.75) is 136 Å². The largest absolute Gasteiger partial charge is 0.461 e. The van der Waals surface area contributed by atoms with E-state index >= 15 is 0 Å². The number of benzene rings is 1. The number of carbonyl (C=O) groups is 1. The highest BCUT2D eigenvalue weighted by molar-refractivity contribution is 7.89. The molecule has 0 aliphatic heterocycles. The second-order valence-corrected chi connectivity index (χ2v) is 16.6. The summed E-state index contributed by atoms with van der Waals surface area (Å²) in [7, 11) is -3.58. The molecule has 5 rings (SSSR count). The van der Waals surface area contributed by atoms with Gasteiger partial charge in [0.25, 0.3) is 0 Å². The van der Waals surface area contributed by atoms with Crippen molar-refractivity contribution in [3.8, 4) is 6.07 Å². The fourth-order valence-corrected chi connectivity index (χ4v) is 12.0. The van der Waals surface area contributed by atoms with Gasteiger partial charge in [0.2, 0.25) is 10.0 Å². The Morgan fingerprint density at radius 2 is 1.60 bits per heavy atom. The van der Waals surface area contributed by atoms with Crippen LogP contribution in [-0.4, -0.2) is 42.6 Å². The van der Waals surface area contributed by atoms with E-state index in [1.807, 2.05) is 36.4 Å². The fraction of sp³-hybridized carbons (Fsp3) is 0.771. The van der Waals surface area contributed by atoms with E-state index in [9.17, 15) is 18.5 Å². The predicted octanol–water partition coefficient (Wildman–Crippen LogP) is 7.41. The number of esters is 1. The minimum atomic E-state index is -3.58. The Balaban J connectivity index is 1.41. The van der Waals surface area contributed by atoms with Gasteiger partial charge in [-0.15, -0.1) is 0 Å². The molecular formula is C35H52N2O4S. The summed E-state index contributed by atoms with van der Waals surface area (Å²) in [5.41, 5.74) is 0.637. The average molecular weight is 597 g/mol. The number of sulfonamides is 1. The Kier molecular flexibility index (Phi) is 9.45. The van der Waals surface area contributed by atoms with Gasteiger partial charge in [0, 0.05) is 17.5 Å². The van der Waals surface area contributed by atoms with Gasteiger partial charge in [-0.25, -0.2) is 8.42 Å². The first-order valence-electron chi connectivity index (χ1n) is 16.7. The van der Waals surface area contributed by atoms with Crippen LogP contribution in [0, 0.1) is 39.9 Å². The number of rotatable bonds is 10. The Morgan fingerprint density at radius 3 is 2.14 bits per heavy atom. The van der Waals surface area contributed by atoms with E-state index in [-0.39, 0.29) is 35.1 Å². The maximum Gasteiger partial charge on any atom is 0.309 e. The van der Waals surface area contributed by atoms with Gasteiger partial charge in [-0.2, -0.15) is 9.57 Å². The van der Waals surface area contributed by atoms with Gasteiger partial charge in [-0.3, -0.25) is 4.79 Å². The highest BCUT2D eigenvalue weighted by Crippen LogP contribution is 2.67. The molecule has 7 heteroatoms. The zero-order chi connectivity index (χ0) is 30.1. The van der Waals surface area contributed by atoms with Crippen molar-refractivity contribution >= 4 is 16.0 Å². The van der Waals surface area contributed by atoms with Crippen molar-refractivity contribution in [3.63, 3.8) is 0 Å². The highest BCUT2D eigenvalue weighted by atomic mass is 32.2. The Labute approximate surface area is 254 Å². The van der Waals surface area contributed by atoms with Crippen LogP contribution in [-0.2, 0) is 26.0 Å². The second kappa shape index (κ2) is 12.6. The van der Waals surface area contributed by atoms with Crippen LogP contribution in [0.15, 0.2) is 24.3 Å². The summed E-state index contributed by atoms with van der Waals surface area (Å²) in [6, 6.07) is 9.93. The number of nitriles is 1. The maximum atomic E-state index is 14.7. The molecule has 2 bridgehead atoms. The van der Waals surface area contributed by atoms with Crippen molar-refractivity contribution in [2.75, 3.05) is 5.75 Å². The molecule has 4 saturated carbocycles. The van der Waals surface area contributed by atoms with E-state index in [1.54, 1.807) is 6.07 Å². The number of hydrogen-bond acceptors (Lipinski definition) is 5. The molecule has 0 N–H and O–H groups in total. The molecule has 4 atom stereocenters. The normalized spacial score (nSPS) is 29.1. The number of carbonyl (C=O) groups excluding carboxylic acids is 1. The van der Waals surface area contributed by atoms with Crippen molar-refractivity contribution in [2.24, 2.45) is 28.6 Å². The smallest absolute Gasteiger partial charge is 0.309 e. The lowest BCUT2D eigenvalue weighted by Gasteiger charge is -2.46. The van der Waals surface area contributed by atoms with Crippen LogP contribution in [0.5, 0.6) is 0 Å². The first-order chi connectivity index (χ1) is 20.0. The lowest BCUT2D eigenvalue weighted by molar-refractivity contribution is -0.163. The van der Waals surface area contributed by atoms with Crippen LogP contribution in [0.3, 0.4) is 0 Å². The summed E-state index contributed by atoms with van der Waals surface area (Å²) in [6.45, 7) is 8.50. The number of nitrogens with zero attached hydrogens (tertiary/aromatic N) is 2. The zero-order valence-corrected chi connectivity index (χ0v) is 27.1. The van der Waals surface area contributed by atoms with E-state index in [0.29, 0.717) is 17.9 Å². The van der Waals surface area contributed by atoms with Crippen molar-refractivity contribution in [1.29, 1.82) is 5.26 Å². The van der Waals surface area contributed by atoms with Gasteiger partial charge in [0.1, 0.15) is 6.10 Å². The Hall–Kier alpha value is -1.91. The second-order valence-electron chi connectivity index (χ2n) is 14.8. The lowest BCUT2D eigenvalue weighted by Crippen LogP contribution is -2.55. The van der Waals surface area contributed by atoms with Gasteiger partial charge in [0.05, 0.1) is 23.3 Å². The maximum absolute atomic E-state index is 14.7. The fourth-order valence-electron chi connectivity index (χ4n) is 9.19. The minimum Gasteiger partial charge on any atom is -0.461 e. The first-order valence-corrected chi connectivity index (χ1v) is 18.3. The molecule has 4 fully saturated rings. The first kappa shape index (κ1) is 31.5. The molecule has 0 spiro atoms. The summed E-state index contributed by atoms with van der Waals surface area (Å²) in [5.74, 6) is -0.183. The molecule has 42 heavy (non-hydrogen) atoms. The third kappa shape index (κ3) is 5.92. The quantitative estimate of drug-likeness (QED) is 0.263. The minimum absolute atomic E-state index is 0.0311. The molecular weight excluding hydrogens is 544 g/mol. The molecule has 4 aliphatic carbocycles. The van der Waals surface area contributed by atoms with Crippen molar-refractivity contribution in [3.05, 3.63) is 35.4 Å². The van der Waals surface area contributed by atoms with Crippen LogP contribution < -0.4 is 0 Å². The zero-order valence-electron chi connectivity index (χ0n) is 26.3. The molecule has 4 aliphatic rings. The summed E-state index contributed by atoms with van der Waals surface area (Å²) in [6.07, 6.45) is 13.2. The van der Waals surface area contributed by atoms with Gasteiger partial charge in [0.15, 0.2) is 0 Å². The van der Waals surface area contributed by atoms with Crippen LogP contribution in [0.1, 0.15) is 122 Å². The molecule has 0 heterocycles. The third-order valence-electron chi connectivity index (χ3n) is 11.9. The summed E-state index contributed by atoms with van der Waals surface area (Å²) in [5, 5.41) is 9.62. The van der Waals surface area contributed by atoms with E-state index in [0.717, 1.165) is 76.2 Å². The Morgan fingerprint density at radius 1 is 1.00 bits per heavy atom. The molecule has 0 saturated heterocycles. The molecule has 1 aromatic carbocycles. The lowest BCUT2D eigenvalue weighted by atomic mass is 9.69. The van der Waals surface area contributed by atoms with Crippen LogP contribution >= 0.6 is 0 Å². The Bertz CT molecular complexity index is 1240. The van der Waals surface area contributed by atoms with E-state index < -0.39 is 27.5 Å². The van der Waals surface area contributed by atoms with Gasteiger partial charge >= 0.3 is 5.97 Å². The number of fused-ring (bicyclic) bond motifs is 2. The van der Waals surface area contributed by atoms with Crippen LogP contribution in [0.2, 0.25) is 0 Å². The summed E-state index contributed by atoms with van der Waals surface area (Å²) < 4.78 is 37.9. The average Bonchev–Trinajstić information content (AvgIpc) is 3.31. The molecule has 0 radical (unpaired) electrons. The van der Waals surface area contributed by atoms with Gasteiger partial charge in [-0.05, 0) is 80.2 Å². The topological polar surface area (TPSA) is 87.5 Å². The van der Waals surface area contributed by atoms with E-state index in [4.69, 9.17) is 4.74 Å². The predicted molar refractivity (Wildman–Crippen MR) is 166 cm³/mol. The van der Waals surface area contributed by atoms with Crippen LogP contribution in [0.4, 0.5) is 0 Å². The van der Waals surface area contributed by atoms with E-state index in [2.05, 4.69) is 19.9 Å². The molecule has 0 unspecified atom stereocenters. The molecule has 1 aromatic rings. The van der Waals surface area contributed by atoms with Gasteiger partial charge < -0.3 is 4.74 Å². The van der Waals surface area contributed by atoms with Crippen LogP contribution in [0.25, 0.3) is 0 Å². The monoisotopic (exact) mass is 596 g/mol. The third-order valence-corrected chi connectivity index (χ3v) is 14.1. The van der Waals surface area contributed by atoms with Gasteiger partial charge in [-0.1, -0.05) is 84.4 Å². The SMILES string of the molecule is CC(C)[C@@H](Cc1ccccc1C#N)C(=O)O[C@@H]1C[C@H]2CC[C@]1(CS(=O)(=O)N(C1CCCCC1)C1CCCCC1)C2(C)C. The standard InChI is InChI=1S/C35H52N2O4S/c1-25(2)31(21-26-13-11-12-14-27(26)23-36)33(38)41-32-22-28-19-20-35(32,34(28,3)4)24-42(39,40)37(29-15-7-5-8-16-29)30-17-9-6-10-18-30/h11-14,25,28-32H,5-10,15-22,24H2,1-4H3/t28-,31-,32-,35-/m1/s1. The molecule has 0 amide bonds.